The van der Waals surface area contributed by atoms with E-state index in [1.165, 1.54) is 11.3 Å². The van der Waals surface area contributed by atoms with Gasteiger partial charge in [-0.15, -0.1) is 11.3 Å². The summed E-state index contributed by atoms with van der Waals surface area (Å²) in [5.41, 5.74) is 1.84. The summed E-state index contributed by atoms with van der Waals surface area (Å²) in [5, 5.41) is 11.9. The maximum absolute atomic E-state index is 14.0. The largest absolute Gasteiger partial charge is 0.481 e. The molecule has 1 aliphatic heterocycles. The molecule has 1 unspecified atom stereocenters. The van der Waals surface area contributed by atoms with Gasteiger partial charge in [-0.25, -0.2) is 0 Å². The number of likely N-dealkylation sites (tertiary alicyclic amines) is 1. The Hall–Kier alpha value is -3.19. The van der Waals surface area contributed by atoms with Crippen LogP contribution in [-0.2, 0) is 16.1 Å². The zero-order chi connectivity index (χ0) is 24.3. The number of hydrogen-bond donors (Lipinski definition) is 1. The molecule has 4 rings (SSSR count). The molecule has 0 aliphatic carbocycles. The minimum absolute atomic E-state index is 0.000258. The lowest BCUT2D eigenvalue weighted by Gasteiger charge is -2.52. The molecule has 0 saturated carbocycles. The molecule has 2 amide bonds. The molecule has 34 heavy (non-hydrogen) atoms. The van der Waals surface area contributed by atoms with E-state index in [0.717, 1.165) is 21.2 Å². The van der Waals surface area contributed by atoms with Crippen molar-refractivity contribution in [1.82, 2.24) is 9.80 Å². The lowest BCUT2D eigenvalue weighted by atomic mass is 9.79. The second kappa shape index (κ2) is 9.97. The summed E-state index contributed by atoms with van der Waals surface area (Å²) in [6.07, 6.45) is 1.50. The van der Waals surface area contributed by atoms with E-state index in [4.69, 9.17) is 5.11 Å². The minimum Gasteiger partial charge on any atom is -0.481 e. The zero-order valence-electron chi connectivity index (χ0n) is 19.6. The van der Waals surface area contributed by atoms with Crippen molar-refractivity contribution in [3.63, 3.8) is 0 Å². The summed E-state index contributed by atoms with van der Waals surface area (Å²) in [6, 6.07) is 15.8. The van der Waals surface area contributed by atoms with Crippen LogP contribution in [0.15, 0.2) is 53.9 Å². The van der Waals surface area contributed by atoms with E-state index >= 15 is 0 Å². The molecule has 0 bridgehead atoms. The van der Waals surface area contributed by atoms with E-state index in [0.29, 0.717) is 44.5 Å². The number of carbonyl (C=O) groups excluding carboxylic acids is 2. The SMILES string of the molecule is CCC1(C(=O)N(CCCC(=O)O)Cc2cccc(C)c2)CCN1C(=O)c1csc2ccccc12. The van der Waals surface area contributed by atoms with E-state index in [9.17, 15) is 14.4 Å². The lowest BCUT2D eigenvalue weighted by molar-refractivity contribution is -0.152. The highest BCUT2D eigenvalue weighted by Crippen LogP contribution is 2.39. The number of fused-ring (bicyclic) bond motifs is 1. The number of amides is 2. The summed E-state index contributed by atoms with van der Waals surface area (Å²) < 4.78 is 1.05. The number of carbonyl (C=O) groups is 3. The number of benzene rings is 2. The molecule has 6 nitrogen and oxygen atoms in total. The minimum atomic E-state index is -0.896. The first-order chi connectivity index (χ1) is 16.4. The summed E-state index contributed by atoms with van der Waals surface area (Å²) in [6.45, 7) is 5.22. The van der Waals surface area contributed by atoms with Crippen molar-refractivity contribution in [2.45, 2.75) is 51.6 Å². The van der Waals surface area contributed by atoms with Crippen LogP contribution in [0.25, 0.3) is 10.1 Å². The normalized spacial score (nSPS) is 17.4. The van der Waals surface area contributed by atoms with Crippen LogP contribution in [0.2, 0.25) is 0 Å². The van der Waals surface area contributed by atoms with Crippen molar-refractivity contribution in [2.75, 3.05) is 13.1 Å². The van der Waals surface area contributed by atoms with Crippen molar-refractivity contribution in [3.8, 4) is 0 Å². The molecule has 3 aromatic rings. The Balaban J connectivity index is 1.61. The van der Waals surface area contributed by atoms with Gasteiger partial charge in [0, 0.05) is 41.5 Å². The molecular weight excluding hydrogens is 448 g/mol. The van der Waals surface area contributed by atoms with Crippen molar-refractivity contribution >= 4 is 39.2 Å². The Morgan fingerprint density at radius 1 is 1.15 bits per heavy atom. The second-order valence-corrected chi connectivity index (χ2v) is 9.86. The summed E-state index contributed by atoms with van der Waals surface area (Å²) in [5.74, 6) is -1.08. The molecular formula is C27H30N2O4S. The molecule has 7 heteroatoms. The second-order valence-electron chi connectivity index (χ2n) is 8.95. The van der Waals surface area contributed by atoms with Crippen LogP contribution in [0, 0.1) is 6.92 Å². The number of aliphatic carboxylic acids is 1. The monoisotopic (exact) mass is 478 g/mol. The lowest BCUT2D eigenvalue weighted by Crippen LogP contribution is -2.69. The predicted molar refractivity (Wildman–Crippen MR) is 134 cm³/mol. The highest BCUT2D eigenvalue weighted by molar-refractivity contribution is 7.17. The molecule has 178 valence electrons. The van der Waals surface area contributed by atoms with Gasteiger partial charge in [0.25, 0.3) is 5.91 Å². The molecule has 1 atom stereocenters. The van der Waals surface area contributed by atoms with Crippen molar-refractivity contribution < 1.29 is 19.5 Å². The molecule has 1 aliphatic rings. The number of aryl methyl sites for hydroxylation is 1. The van der Waals surface area contributed by atoms with Gasteiger partial charge in [-0.3, -0.25) is 14.4 Å². The quantitative estimate of drug-likeness (QED) is 0.464. The fourth-order valence-electron chi connectivity index (χ4n) is 4.82. The van der Waals surface area contributed by atoms with Gasteiger partial charge in [0.05, 0.1) is 5.56 Å². The third-order valence-electron chi connectivity index (χ3n) is 6.77. The number of rotatable bonds is 9. The number of nitrogens with zero attached hydrogens (tertiary/aromatic N) is 2. The van der Waals surface area contributed by atoms with Crippen molar-refractivity contribution in [3.05, 3.63) is 70.6 Å². The fourth-order valence-corrected chi connectivity index (χ4v) is 5.75. The highest BCUT2D eigenvalue weighted by atomic mass is 32.1. The van der Waals surface area contributed by atoms with Gasteiger partial charge >= 0.3 is 5.97 Å². The zero-order valence-corrected chi connectivity index (χ0v) is 20.4. The van der Waals surface area contributed by atoms with Gasteiger partial charge in [-0.05, 0) is 37.8 Å². The maximum atomic E-state index is 14.0. The molecule has 1 N–H and O–H groups in total. The van der Waals surface area contributed by atoms with Gasteiger partial charge < -0.3 is 14.9 Å². The topological polar surface area (TPSA) is 77.9 Å². The third-order valence-corrected chi connectivity index (χ3v) is 7.73. The molecule has 1 fully saturated rings. The van der Waals surface area contributed by atoms with Gasteiger partial charge in [-0.2, -0.15) is 0 Å². The Labute approximate surface area is 203 Å². The van der Waals surface area contributed by atoms with E-state index in [-0.39, 0.29) is 18.2 Å². The van der Waals surface area contributed by atoms with Crippen LogP contribution in [0.1, 0.15) is 54.1 Å². The first-order valence-electron chi connectivity index (χ1n) is 11.7. The summed E-state index contributed by atoms with van der Waals surface area (Å²) in [7, 11) is 0. The molecule has 2 aromatic carbocycles. The Bertz CT molecular complexity index is 1220. The Morgan fingerprint density at radius 3 is 2.62 bits per heavy atom. The van der Waals surface area contributed by atoms with Crippen molar-refractivity contribution in [1.29, 1.82) is 0 Å². The van der Waals surface area contributed by atoms with Crippen LogP contribution in [0.5, 0.6) is 0 Å². The fraction of sp³-hybridized carbons (Fsp3) is 0.370. The predicted octanol–water partition coefficient (Wildman–Crippen LogP) is 5.10. The standard InChI is InChI=1S/C27H30N2O4S/c1-3-27(13-15-29(27)25(32)22-18-34-23-11-5-4-10-21(22)23)26(33)28(14-7-12-24(30)31)17-20-9-6-8-19(2)16-20/h4-6,8-11,16,18H,3,7,12-15,17H2,1-2H3,(H,30,31). The smallest absolute Gasteiger partial charge is 0.303 e. The van der Waals surface area contributed by atoms with Crippen LogP contribution >= 0.6 is 11.3 Å². The number of carboxylic acid groups (broad SMARTS) is 1. The van der Waals surface area contributed by atoms with E-state index in [2.05, 4.69) is 0 Å². The number of thiophene rings is 1. The van der Waals surface area contributed by atoms with E-state index < -0.39 is 11.5 Å². The maximum Gasteiger partial charge on any atom is 0.303 e. The molecule has 1 saturated heterocycles. The van der Waals surface area contributed by atoms with E-state index in [1.807, 2.05) is 67.8 Å². The van der Waals surface area contributed by atoms with Crippen LogP contribution < -0.4 is 0 Å². The van der Waals surface area contributed by atoms with Gasteiger partial charge in [0.2, 0.25) is 5.91 Å². The van der Waals surface area contributed by atoms with E-state index in [1.54, 1.807) is 9.80 Å². The molecule has 1 aromatic heterocycles. The molecule has 2 heterocycles. The van der Waals surface area contributed by atoms with Crippen LogP contribution in [-0.4, -0.2) is 51.3 Å². The molecule has 0 spiro atoms. The highest BCUT2D eigenvalue weighted by Gasteiger charge is 2.53. The Morgan fingerprint density at radius 2 is 1.94 bits per heavy atom. The average molecular weight is 479 g/mol. The van der Waals surface area contributed by atoms with Crippen molar-refractivity contribution in [2.24, 2.45) is 0 Å². The molecule has 0 radical (unpaired) electrons. The van der Waals surface area contributed by atoms with Gasteiger partial charge in [0.1, 0.15) is 5.54 Å². The Kier molecular flexibility index (Phi) is 7.03. The average Bonchev–Trinajstić information content (AvgIpc) is 3.22. The number of hydrogen-bond acceptors (Lipinski definition) is 4. The van der Waals surface area contributed by atoms with Crippen LogP contribution in [0.3, 0.4) is 0 Å². The summed E-state index contributed by atoms with van der Waals surface area (Å²) >= 11 is 1.54. The number of carboxylic acids is 1. The summed E-state index contributed by atoms with van der Waals surface area (Å²) in [4.78, 5) is 42.1. The third kappa shape index (κ3) is 4.57. The van der Waals surface area contributed by atoms with Crippen LogP contribution in [0.4, 0.5) is 0 Å². The first kappa shape index (κ1) is 24.0. The van der Waals surface area contributed by atoms with Gasteiger partial charge in [-0.1, -0.05) is 55.0 Å². The first-order valence-corrected chi connectivity index (χ1v) is 12.6. The van der Waals surface area contributed by atoms with Gasteiger partial charge in [0.15, 0.2) is 0 Å².